The molecule has 0 spiro atoms. The molecule has 2 atom stereocenters. The van der Waals surface area contributed by atoms with Crippen LogP contribution in [0.1, 0.15) is 32.4 Å². The molecule has 2 aromatic rings. The Morgan fingerprint density at radius 2 is 1.81 bits per heavy atom. The van der Waals surface area contributed by atoms with E-state index in [1.54, 1.807) is 13.0 Å². The van der Waals surface area contributed by atoms with Crippen LogP contribution in [0.15, 0.2) is 34.9 Å². The summed E-state index contributed by atoms with van der Waals surface area (Å²) < 4.78 is 28.5. The number of anilines is 1. The van der Waals surface area contributed by atoms with Gasteiger partial charge < -0.3 is 19.3 Å². The van der Waals surface area contributed by atoms with Gasteiger partial charge in [-0.3, -0.25) is 9.00 Å². The molecule has 2 unspecified atom stereocenters. The first-order valence-electron chi connectivity index (χ1n) is 9.00. The molecule has 0 saturated heterocycles. The van der Waals surface area contributed by atoms with Crippen molar-refractivity contribution in [2.75, 3.05) is 24.3 Å². The van der Waals surface area contributed by atoms with Crippen molar-refractivity contribution in [3.63, 3.8) is 0 Å². The number of carbonyl (C=O) groups is 1. The molecule has 1 aromatic carbocycles. The van der Waals surface area contributed by atoms with Crippen LogP contribution in [0.3, 0.4) is 0 Å². The highest BCUT2D eigenvalue weighted by atomic mass is 32.2. The third-order valence-electron chi connectivity index (χ3n) is 3.71. The smallest absolute Gasteiger partial charge is 0.241 e. The van der Waals surface area contributed by atoms with E-state index >= 15 is 0 Å². The number of rotatable bonds is 11. The summed E-state index contributed by atoms with van der Waals surface area (Å²) in [4.78, 5) is 12.3. The first kappa shape index (κ1) is 21.0. The van der Waals surface area contributed by atoms with E-state index in [1.165, 1.54) is 0 Å². The Hall–Kier alpha value is -2.35. The first-order chi connectivity index (χ1) is 13.0. The van der Waals surface area contributed by atoms with Gasteiger partial charge in [-0.1, -0.05) is 19.0 Å². The quantitative estimate of drug-likeness (QED) is 0.629. The zero-order valence-electron chi connectivity index (χ0n) is 15.9. The summed E-state index contributed by atoms with van der Waals surface area (Å²) in [6.07, 6.45) is 1.41. The second-order valence-corrected chi connectivity index (χ2v) is 7.70. The topological polar surface area (TPSA) is 90.7 Å². The highest BCUT2D eigenvalue weighted by molar-refractivity contribution is 7.86. The summed E-state index contributed by atoms with van der Waals surface area (Å²) in [6, 6.07) is 8.91. The molecule has 8 heteroatoms. The van der Waals surface area contributed by atoms with Crippen molar-refractivity contribution in [1.29, 1.82) is 0 Å². The fraction of sp³-hybridized carbons (Fsp3) is 0.474. The molecule has 0 aliphatic rings. The summed E-state index contributed by atoms with van der Waals surface area (Å²) in [6.45, 7) is 6.54. The number of amides is 1. The molecule has 1 N–H and O–H groups in total. The van der Waals surface area contributed by atoms with Crippen LogP contribution >= 0.6 is 0 Å². The lowest BCUT2D eigenvalue weighted by Crippen LogP contribution is -2.33. The summed E-state index contributed by atoms with van der Waals surface area (Å²) in [5.41, 5.74) is 0. The lowest BCUT2D eigenvalue weighted by atomic mass is 10.3. The van der Waals surface area contributed by atoms with E-state index in [0.29, 0.717) is 30.4 Å². The van der Waals surface area contributed by atoms with Crippen LogP contribution in [0.5, 0.6) is 11.5 Å². The van der Waals surface area contributed by atoms with Gasteiger partial charge in [0.05, 0.1) is 19.0 Å². The average molecular weight is 394 g/mol. The lowest BCUT2D eigenvalue weighted by Gasteiger charge is -2.14. The van der Waals surface area contributed by atoms with E-state index in [9.17, 15) is 9.00 Å². The molecular weight excluding hydrogens is 368 g/mol. The number of nitrogens with one attached hydrogen (secondary N) is 1. The van der Waals surface area contributed by atoms with Gasteiger partial charge in [-0.05, 0) is 44.0 Å². The summed E-state index contributed by atoms with van der Waals surface area (Å²) in [5.74, 6) is 2.32. The molecule has 2 rings (SSSR count). The number of carbonyl (C=O) groups excluding carboxylic acids is 1. The molecule has 0 saturated carbocycles. The van der Waals surface area contributed by atoms with Crippen LogP contribution in [-0.4, -0.2) is 39.5 Å². The Bertz CT molecular complexity index is 745. The van der Waals surface area contributed by atoms with Crippen molar-refractivity contribution >= 4 is 22.5 Å². The number of hydrogen-bond donors (Lipinski definition) is 1. The predicted octanol–water partition coefficient (Wildman–Crippen LogP) is 3.32. The third kappa shape index (κ3) is 6.71. The van der Waals surface area contributed by atoms with E-state index < -0.39 is 16.0 Å². The van der Waals surface area contributed by atoms with Gasteiger partial charge in [0, 0.05) is 16.9 Å². The fourth-order valence-corrected chi connectivity index (χ4v) is 3.56. The van der Waals surface area contributed by atoms with Crippen molar-refractivity contribution < 1.29 is 23.0 Å². The van der Waals surface area contributed by atoms with Crippen molar-refractivity contribution in [2.24, 2.45) is 0 Å². The molecule has 0 bridgehead atoms. The first-order valence-corrected chi connectivity index (χ1v) is 10.4. The van der Waals surface area contributed by atoms with Crippen molar-refractivity contribution in [3.05, 3.63) is 36.1 Å². The number of hydrogen-bond acceptors (Lipinski definition) is 6. The molecule has 1 amide bonds. The van der Waals surface area contributed by atoms with Crippen molar-refractivity contribution in [1.82, 2.24) is 5.16 Å². The van der Waals surface area contributed by atoms with Crippen LogP contribution in [0, 0.1) is 6.92 Å². The second kappa shape index (κ2) is 10.7. The lowest BCUT2D eigenvalue weighted by molar-refractivity contribution is -0.115. The minimum Gasteiger partial charge on any atom is -0.494 e. The summed E-state index contributed by atoms with van der Waals surface area (Å²) >= 11 is 0. The number of ether oxygens (including phenoxy) is 2. The van der Waals surface area contributed by atoms with E-state index in [2.05, 4.69) is 10.5 Å². The third-order valence-corrected chi connectivity index (χ3v) is 5.46. The maximum atomic E-state index is 12.5. The molecule has 0 radical (unpaired) electrons. The average Bonchev–Trinajstić information content (AvgIpc) is 3.06. The van der Waals surface area contributed by atoms with Gasteiger partial charge in [-0.2, -0.15) is 0 Å². The number of aryl methyl sites for hydroxylation is 1. The Kier molecular flexibility index (Phi) is 8.32. The molecule has 0 fully saturated rings. The normalized spacial score (nSPS) is 13.0. The van der Waals surface area contributed by atoms with Crippen LogP contribution < -0.4 is 14.8 Å². The highest BCUT2D eigenvalue weighted by Gasteiger charge is 2.24. The van der Waals surface area contributed by atoms with E-state index in [-0.39, 0.29) is 18.3 Å². The van der Waals surface area contributed by atoms with Crippen LogP contribution in [0.2, 0.25) is 0 Å². The Labute approximate surface area is 161 Å². The van der Waals surface area contributed by atoms with Gasteiger partial charge in [0.1, 0.15) is 22.5 Å². The van der Waals surface area contributed by atoms with Gasteiger partial charge >= 0.3 is 0 Å². The molecule has 27 heavy (non-hydrogen) atoms. The summed E-state index contributed by atoms with van der Waals surface area (Å²) in [5, 5.41) is 5.72. The minimum absolute atomic E-state index is 0.259. The predicted molar refractivity (Wildman–Crippen MR) is 105 cm³/mol. The Morgan fingerprint density at radius 1 is 1.19 bits per heavy atom. The highest BCUT2D eigenvalue weighted by Crippen LogP contribution is 2.18. The van der Waals surface area contributed by atoms with Gasteiger partial charge in [-0.15, -0.1) is 0 Å². The molecular formula is C19H26N2O5S. The molecule has 148 valence electrons. The molecule has 1 heterocycles. The van der Waals surface area contributed by atoms with Crippen LogP contribution in [0.4, 0.5) is 5.82 Å². The van der Waals surface area contributed by atoms with Crippen LogP contribution in [-0.2, 0) is 15.6 Å². The van der Waals surface area contributed by atoms with Gasteiger partial charge in [-0.25, -0.2) is 0 Å². The van der Waals surface area contributed by atoms with Gasteiger partial charge in [0.15, 0.2) is 5.82 Å². The Morgan fingerprint density at radius 3 is 2.33 bits per heavy atom. The molecule has 0 aliphatic carbocycles. The van der Waals surface area contributed by atoms with Crippen LogP contribution in [0.25, 0.3) is 0 Å². The monoisotopic (exact) mass is 394 g/mol. The largest absolute Gasteiger partial charge is 0.494 e. The maximum absolute atomic E-state index is 12.5. The zero-order chi connectivity index (χ0) is 19.6. The molecule has 1 aromatic heterocycles. The summed E-state index contributed by atoms with van der Waals surface area (Å²) in [7, 11) is -1.36. The van der Waals surface area contributed by atoms with Crippen molar-refractivity contribution in [3.8, 4) is 11.5 Å². The second-order valence-electron chi connectivity index (χ2n) is 5.96. The van der Waals surface area contributed by atoms with Crippen molar-refractivity contribution in [2.45, 2.75) is 38.9 Å². The van der Waals surface area contributed by atoms with Gasteiger partial charge in [0.25, 0.3) is 0 Å². The molecule has 0 aliphatic heterocycles. The van der Waals surface area contributed by atoms with E-state index in [4.69, 9.17) is 14.0 Å². The fourth-order valence-electron chi connectivity index (χ4n) is 2.36. The Balaban J connectivity index is 1.79. The van der Waals surface area contributed by atoms with Gasteiger partial charge in [0.2, 0.25) is 5.91 Å². The van der Waals surface area contributed by atoms with E-state index in [1.807, 2.05) is 38.1 Å². The number of benzene rings is 1. The number of nitrogens with zero attached hydrogens (tertiary/aromatic N) is 1. The minimum atomic E-state index is -1.36. The number of aromatic nitrogens is 1. The molecule has 7 nitrogen and oxygen atoms in total. The maximum Gasteiger partial charge on any atom is 0.241 e. The van der Waals surface area contributed by atoms with E-state index in [0.717, 1.165) is 12.2 Å². The SMILES string of the molecule is CCCOc1ccc(OCCS(=O)C(CC)C(=O)Nc2cc(C)on2)cc1. The zero-order valence-corrected chi connectivity index (χ0v) is 16.7. The standard InChI is InChI=1S/C19H26N2O5S/c1-4-10-24-15-6-8-16(9-7-15)25-11-12-27(23)17(5-2)19(22)20-18-13-14(3)26-21-18/h6-9,13,17H,4-5,10-12H2,1-3H3,(H,20,21,22).